The van der Waals surface area contributed by atoms with Crippen molar-refractivity contribution in [3.05, 3.63) is 63.7 Å². The van der Waals surface area contributed by atoms with Crippen molar-refractivity contribution < 1.29 is 9.72 Å². The SMILES string of the molecule is Cc1ccc(NC(=O)c2ccccc2N)cc1[N+](=O)[O-]. The summed E-state index contributed by atoms with van der Waals surface area (Å²) in [5, 5.41) is 13.5. The standard InChI is InChI=1S/C14H13N3O3/c1-9-6-7-10(8-13(9)17(19)20)16-14(18)11-4-2-3-5-12(11)15/h2-8H,15H2,1H3,(H,16,18). The monoisotopic (exact) mass is 271 g/mol. The van der Waals surface area contributed by atoms with Crippen molar-refractivity contribution in [3.8, 4) is 0 Å². The van der Waals surface area contributed by atoms with Crippen LogP contribution in [-0.4, -0.2) is 10.8 Å². The molecule has 2 rings (SSSR count). The van der Waals surface area contributed by atoms with Gasteiger partial charge in [0.25, 0.3) is 11.6 Å². The van der Waals surface area contributed by atoms with E-state index in [1.807, 2.05) is 0 Å². The highest BCUT2D eigenvalue weighted by Gasteiger charge is 2.14. The number of rotatable bonds is 3. The Bertz CT molecular complexity index is 683. The summed E-state index contributed by atoms with van der Waals surface area (Å²) in [6.07, 6.45) is 0. The van der Waals surface area contributed by atoms with E-state index in [1.54, 1.807) is 43.3 Å². The third kappa shape index (κ3) is 2.74. The van der Waals surface area contributed by atoms with Gasteiger partial charge in [-0.3, -0.25) is 14.9 Å². The van der Waals surface area contributed by atoms with Crippen molar-refractivity contribution in [2.24, 2.45) is 0 Å². The highest BCUT2D eigenvalue weighted by atomic mass is 16.6. The van der Waals surface area contributed by atoms with Gasteiger partial charge in [0.1, 0.15) is 0 Å². The first-order valence-electron chi connectivity index (χ1n) is 5.90. The number of para-hydroxylation sites is 1. The number of amides is 1. The number of nitro benzene ring substituents is 1. The number of nitro groups is 1. The summed E-state index contributed by atoms with van der Waals surface area (Å²) in [4.78, 5) is 22.4. The van der Waals surface area contributed by atoms with E-state index in [9.17, 15) is 14.9 Å². The molecule has 0 aliphatic carbocycles. The molecule has 0 aliphatic rings. The molecule has 0 unspecified atom stereocenters. The van der Waals surface area contributed by atoms with Crippen LogP contribution in [0.25, 0.3) is 0 Å². The first kappa shape index (κ1) is 13.5. The fourth-order valence-electron chi connectivity index (χ4n) is 1.79. The molecule has 2 aromatic carbocycles. The number of nitrogens with zero attached hydrogens (tertiary/aromatic N) is 1. The normalized spacial score (nSPS) is 10.1. The molecule has 0 fully saturated rings. The molecular formula is C14H13N3O3. The number of hydrogen-bond acceptors (Lipinski definition) is 4. The maximum absolute atomic E-state index is 12.0. The Morgan fingerprint density at radius 3 is 2.60 bits per heavy atom. The molecule has 6 nitrogen and oxygen atoms in total. The second-order valence-corrected chi connectivity index (χ2v) is 4.30. The van der Waals surface area contributed by atoms with Gasteiger partial charge in [-0.25, -0.2) is 0 Å². The molecule has 0 spiro atoms. The van der Waals surface area contributed by atoms with Crippen molar-refractivity contribution >= 4 is 23.0 Å². The first-order chi connectivity index (χ1) is 9.49. The molecule has 0 bridgehead atoms. The fraction of sp³-hybridized carbons (Fsp3) is 0.0714. The summed E-state index contributed by atoms with van der Waals surface area (Å²) in [7, 11) is 0. The number of benzene rings is 2. The number of carbonyl (C=O) groups is 1. The van der Waals surface area contributed by atoms with E-state index in [1.165, 1.54) is 6.07 Å². The summed E-state index contributed by atoms with van der Waals surface area (Å²) in [6.45, 7) is 1.64. The summed E-state index contributed by atoms with van der Waals surface area (Å²) in [6, 6.07) is 11.2. The van der Waals surface area contributed by atoms with Crippen LogP contribution in [-0.2, 0) is 0 Å². The average molecular weight is 271 g/mol. The summed E-state index contributed by atoms with van der Waals surface area (Å²) < 4.78 is 0. The molecule has 0 radical (unpaired) electrons. The Labute approximate surface area is 115 Å². The third-order valence-electron chi connectivity index (χ3n) is 2.87. The Morgan fingerprint density at radius 1 is 1.25 bits per heavy atom. The molecule has 0 atom stereocenters. The number of nitrogens with two attached hydrogens (primary N) is 1. The van der Waals surface area contributed by atoms with E-state index >= 15 is 0 Å². The number of hydrogen-bond donors (Lipinski definition) is 2. The molecule has 3 N–H and O–H groups in total. The number of anilines is 2. The van der Waals surface area contributed by atoms with Crippen LogP contribution in [0.1, 0.15) is 15.9 Å². The minimum atomic E-state index is -0.484. The van der Waals surface area contributed by atoms with Crippen LogP contribution < -0.4 is 11.1 Å². The first-order valence-corrected chi connectivity index (χ1v) is 5.90. The van der Waals surface area contributed by atoms with Crippen LogP contribution in [0.4, 0.5) is 17.1 Å². The Morgan fingerprint density at radius 2 is 1.95 bits per heavy atom. The van der Waals surface area contributed by atoms with E-state index < -0.39 is 10.8 Å². The quantitative estimate of drug-likeness (QED) is 0.509. The van der Waals surface area contributed by atoms with Gasteiger partial charge in [-0.15, -0.1) is 0 Å². The molecule has 6 heteroatoms. The Hall–Kier alpha value is -2.89. The van der Waals surface area contributed by atoms with Crippen LogP contribution in [0.5, 0.6) is 0 Å². The fourth-order valence-corrected chi connectivity index (χ4v) is 1.79. The van der Waals surface area contributed by atoms with Crippen LogP contribution in [0, 0.1) is 17.0 Å². The van der Waals surface area contributed by atoms with Gasteiger partial charge < -0.3 is 11.1 Å². The lowest BCUT2D eigenvalue weighted by molar-refractivity contribution is -0.385. The lowest BCUT2D eigenvalue weighted by atomic mass is 10.1. The molecule has 0 saturated heterocycles. The van der Waals surface area contributed by atoms with Crippen molar-refractivity contribution in [3.63, 3.8) is 0 Å². The van der Waals surface area contributed by atoms with Crippen molar-refractivity contribution in [1.29, 1.82) is 0 Å². The van der Waals surface area contributed by atoms with Crippen LogP contribution in [0.2, 0.25) is 0 Å². The van der Waals surface area contributed by atoms with E-state index in [0.717, 1.165) is 0 Å². The maximum atomic E-state index is 12.0. The van der Waals surface area contributed by atoms with Gasteiger partial charge in [0.2, 0.25) is 0 Å². The predicted octanol–water partition coefficient (Wildman–Crippen LogP) is 2.74. The van der Waals surface area contributed by atoms with Gasteiger partial charge in [0, 0.05) is 23.0 Å². The molecule has 0 heterocycles. The summed E-state index contributed by atoms with van der Waals surface area (Å²) in [5.41, 5.74) is 7.24. The molecule has 0 saturated carbocycles. The number of nitrogens with one attached hydrogen (secondary N) is 1. The number of carbonyl (C=O) groups excluding carboxylic acids is 1. The van der Waals surface area contributed by atoms with E-state index in [4.69, 9.17) is 5.73 Å². The number of aryl methyl sites for hydroxylation is 1. The van der Waals surface area contributed by atoms with Crippen molar-refractivity contribution in [1.82, 2.24) is 0 Å². The predicted molar refractivity (Wildman–Crippen MR) is 76.6 cm³/mol. The molecule has 20 heavy (non-hydrogen) atoms. The third-order valence-corrected chi connectivity index (χ3v) is 2.87. The van der Waals surface area contributed by atoms with E-state index in [0.29, 0.717) is 22.5 Å². The van der Waals surface area contributed by atoms with Crippen LogP contribution >= 0.6 is 0 Å². The summed E-state index contributed by atoms with van der Waals surface area (Å²) in [5.74, 6) is -0.402. The van der Waals surface area contributed by atoms with Gasteiger partial charge in [-0.05, 0) is 25.1 Å². The number of nitrogen functional groups attached to an aromatic ring is 1. The van der Waals surface area contributed by atoms with Crippen LogP contribution in [0.3, 0.4) is 0 Å². The molecule has 0 aliphatic heterocycles. The van der Waals surface area contributed by atoms with Gasteiger partial charge in [-0.2, -0.15) is 0 Å². The molecule has 2 aromatic rings. The van der Waals surface area contributed by atoms with Gasteiger partial charge in [-0.1, -0.05) is 18.2 Å². The molecule has 1 amide bonds. The Balaban J connectivity index is 2.27. The molecular weight excluding hydrogens is 258 g/mol. The van der Waals surface area contributed by atoms with Crippen LogP contribution in [0.15, 0.2) is 42.5 Å². The van der Waals surface area contributed by atoms with Gasteiger partial charge >= 0.3 is 0 Å². The summed E-state index contributed by atoms with van der Waals surface area (Å²) >= 11 is 0. The zero-order valence-corrected chi connectivity index (χ0v) is 10.8. The molecule has 0 aromatic heterocycles. The maximum Gasteiger partial charge on any atom is 0.274 e. The smallest absolute Gasteiger partial charge is 0.274 e. The minimum absolute atomic E-state index is 0.0381. The highest BCUT2D eigenvalue weighted by Crippen LogP contribution is 2.23. The highest BCUT2D eigenvalue weighted by molar-refractivity contribution is 6.07. The Kier molecular flexibility index (Phi) is 3.65. The zero-order valence-electron chi connectivity index (χ0n) is 10.8. The van der Waals surface area contributed by atoms with Gasteiger partial charge in [0.15, 0.2) is 0 Å². The second kappa shape index (κ2) is 5.40. The molecule has 102 valence electrons. The van der Waals surface area contributed by atoms with Crippen molar-refractivity contribution in [2.45, 2.75) is 6.92 Å². The van der Waals surface area contributed by atoms with Crippen molar-refractivity contribution in [2.75, 3.05) is 11.1 Å². The lowest BCUT2D eigenvalue weighted by Crippen LogP contribution is -2.14. The largest absolute Gasteiger partial charge is 0.398 e. The topological polar surface area (TPSA) is 98.3 Å². The average Bonchev–Trinajstić information content (AvgIpc) is 2.41. The van der Waals surface area contributed by atoms with Gasteiger partial charge in [0.05, 0.1) is 10.5 Å². The second-order valence-electron chi connectivity index (χ2n) is 4.30. The minimum Gasteiger partial charge on any atom is -0.398 e. The van der Waals surface area contributed by atoms with E-state index in [2.05, 4.69) is 5.32 Å². The van der Waals surface area contributed by atoms with E-state index in [-0.39, 0.29) is 5.69 Å². The zero-order chi connectivity index (χ0) is 14.7. The lowest BCUT2D eigenvalue weighted by Gasteiger charge is -2.08.